The third kappa shape index (κ3) is 3.33. The topological polar surface area (TPSA) is 50.8 Å². The number of hydrogen-bond donors (Lipinski definition) is 1. The highest BCUT2D eigenvalue weighted by Crippen LogP contribution is 2.34. The van der Waals surface area contributed by atoms with Crippen LogP contribution in [0.3, 0.4) is 0 Å². The van der Waals surface area contributed by atoms with Crippen LogP contribution >= 0.6 is 0 Å². The molecule has 5 heteroatoms. The van der Waals surface area contributed by atoms with E-state index in [0.29, 0.717) is 13.2 Å². The summed E-state index contributed by atoms with van der Waals surface area (Å²) in [4.78, 5) is 14.9. The maximum absolute atomic E-state index is 13.0. The number of amides is 1. The number of hydrogen-bond acceptors (Lipinski definition) is 4. The first-order valence-corrected chi connectivity index (χ1v) is 8.51. The summed E-state index contributed by atoms with van der Waals surface area (Å²) in [6.07, 6.45) is 0.691. The van der Waals surface area contributed by atoms with Crippen molar-refractivity contribution >= 4 is 11.6 Å². The van der Waals surface area contributed by atoms with E-state index in [1.807, 2.05) is 47.4 Å². The van der Waals surface area contributed by atoms with Gasteiger partial charge in [-0.2, -0.15) is 0 Å². The second-order valence-electron chi connectivity index (χ2n) is 6.10. The molecule has 1 aliphatic rings. The molecule has 3 rings (SSSR count). The zero-order valence-corrected chi connectivity index (χ0v) is 14.9. The van der Waals surface area contributed by atoms with E-state index in [1.165, 1.54) is 0 Å². The molecule has 0 aliphatic carbocycles. The largest absolute Gasteiger partial charge is 0.496 e. The maximum atomic E-state index is 13.0. The number of para-hydroxylation sites is 1. The fourth-order valence-electron chi connectivity index (χ4n) is 3.26. The van der Waals surface area contributed by atoms with Gasteiger partial charge >= 0.3 is 0 Å². The minimum absolute atomic E-state index is 0.0605. The van der Waals surface area contributed by atoms with E-state index in [-0.39, 0.29) is 12.1 Å². The molecule has 0 radical (unpaired) electrons. The number of nitrogens with one attached hydrogen (secondary N) is 1. The van der Waals surface area contributed by atoms with Crippen molar-refractivity contribution in [3.63, 3.8) is 0 Å². The first-order chi connectivity index (χ1) is 12.2. The Bertz CT molecular complexity index is 760. The summed E-state index contributed by atoms with van der Waals surface area (Å²) in [6.45, 7) is 3.23. The average molecular weight is 340 g/mol. The summed E-state index contributed by atoms with van der Waals surface area (Å²) in [5.74, 6) is 0.848. The van der Waals surface area contributed by atoms with E-state index in [1.54, 1.807) is 14.2 Å². The van der Waals surface area contributed by atoms with E-state index in [2.05, 4.69) is 12.2 Å². The Kier molecular flexibility index (Phi) is 5.24. The molecule has 25 heavy (non-hydrogen) atoms. The summed E-state index contributed by atoms with van der Waals surface area (Å²) < 4.78 is 10.7. The molecule has 1 atom stereocenters. The SMILES string of the molecule is CCCN1C(=O)c2ccccc2NC1c1ccc(OC)c(COC)c1. The zero-order chi connectivity index (χ0) is 17.8. The van der Waals surface area contributed by atoms with Crippen LogP contribution in [-0.4, -0.2) is 31.6 Å². The number of ether oxygens (including phenoxy) is 2. The minimum Gasteiger partial charge on any atom is -0.496 e. The van der Waals surface area contributed by atoms with Crippen LogP contribution in [0.25, 0.3) is 0 Å². The monoisotopic (exact) mass is 340 g/mol. The molecule has 0 spiro atoms. The van der Waals surface area contributed by atoms with Gasteiger partial charge in [-0.1, -0.05) is 25.1 Å². The number of methoxy groups -OCH3 is 2. The van der Waals surface area contributed by atoms with Gasteiger partial charge in [0.15, 0.2) is 0 Å². The van der Waals surface area contributed by atoms with Crippen LogP contribution in [0.15, 0.2) is 42.5 Å². The van der Waals surface area contributed by atoms with Gasteiger partial charge in [0.05, 0.1) is 19.3 Å². The zero-order valence-electron chi connectivity index (χ0n) is 14.9. The van der Waals surface area contributed by atoms with Crippen LogP contribution in [0.1, 0.15) is 41.0 Å². The molecular weight excluding hydrogens is 316 g/mol. The van der Waals surface area contributed by atoms with E-state index in [9.17, 15) is 4.79 Å². The molecule has 2 aromatic rings. The van der Waals surface area contributed by atoms with Gasteiger partial charge in [0.2, 0.25) is 0 Å². The lowest BCUT2D eigenvalue weighted by atomic mass is 10.0. The third-order valence-corrected chi connectivity index (χ3v) is 4.41. The van der Waals surface area contributed by atoms with Gasteiger partial charge in [0.25, 0.3) is 5.91 Å². The Hall–Kier alpha value is -2.53. The Morgan fingerprint density at radius 3 is 2.68 bits per heavy atom. The fourth-order valence-corrected chi connectivity index (χ4v) is 3.26. The van der Waals surface area contributed by atoms with E-state index in [4.69, 9.17) is 9.47 Å². The quantitative estimate of drug-likeness (QED) is 0.868. The minimum atomic E-state index is -0.205. The number of carbonyl (C=O) groups excluding carboxylic acids is 1. The first kappa shape index (κ1) is 17.3. The predicted molar refractivity (Wildman–Crippen MR) is 97.8 cm³/mol. The van der Waals surface area contributed by atoms with Crippen molar-refractivity contribution in [1.82, 2.24) is 4.90 Å². The summed E-state index contributed by atoms with van der Waals surface area (Å²) >= 11 is 0. The summed E-state index contributed by atoms with van der Waals surface area (Å²) in [5, 5.41) is 3.51. The summed E-state index contributed by atoms with van der Waals surface area (Å²) in [5.41, 5.74) is 3.57. The second kappa shape index (κ2) is 7.57. The van der Waals surface area contributed by atoms with Gasteiger partial charge in [-0.25, -0.2) is 0 Å². The van der Waals surface area contributed by atoms with Crippen LogP contribution in [0, 0.1) is 0 Å². The number of fused-ring (bicyclic) bond motifs is 1. The highest BCUT2D eigenvalue weighted by Gasteiger charge is 2.32. The van der Waals surface area contributed by atoms with E-state index < -0.39 is 0 Å². The van der Waals surface area contributed by atoms with E-state index in [0.717, 1.165) is 34.5 Å². The molecule has 0 aromatic heterocycles. The van der Waals surface area contributed by atoms with Gasteiger partial charge in [-0.3, -0.25) is 4.79 Å². The van der Waals surface area contributed by atoms with Crippen LogP contribution in [-0.2, 0) is 11.3 Å². The van der Waals surface area contributed by atoms with Crippen LogP contribution in [0.2, 0.25) is 0 Å². The molecule has 132 valence electrons. The summed E-state index contributed by atoms with van der Waals surface area (Å²) in [7, 11) is 3.31. The summed E-state index contributed by atoms with van der Waals surface area (Å²) in [6, 6.07) is 13.6. The molecule has 0 bridgehead atoms. The molecule has 2 aromatic carbocycles. The van der Waals surface area contributed by atoms with Crippen LogP contribution in [0.5, 0.6) is 5.75 Å². The highest BCUT2D eigenvalue weighted by atomic mass is 16.5. The van der Waals surface area contributed by atoms with Crippen molar-refractivity contribution < 1.29 is 14.3 Å². The lowest BCUT2D eigenvalue weighted by Gasteiger charge is -2.38. The Balaban J connectivity index is 2.02. The number of benzene rings is 2. The number of anilines is 1. The van der Waals surface area contributed by atoms with Gasteiger partial charge in [-0.15, -0.1) is 0 Å². The van der Waals surface area contributed by atoms with Gasteiger partial charge in [0, 0.05) is 24.9 Å². The van der Waals surface area contributed by atoms with Crippen molar-refractivity contribution in [3.05, 3.63) is 59.2 Å². The number of nitrogens with zero attached hydrogens (tertiary/aromatic N) is 1. The first-order valence-electron chi connectivity index (χ1n) is 8.51. The Morgan fingerprint density at radius 2 is 1.96 bits per heavy atom. The van der Waals surface area contributed by atoms with Crippen molar-refractivity contribution in [2.45, 2.75) is 26.1 Å². The maximum Gasteiger partial charge on any atom is 0.257 e. The molecule has 1 amide bonds. The van der Waals surface area contributed by atoms with Gasteiger partial charge < -0.3 is 19.7 Å². The van der Waals surface area contributed by atoms with Crippen LogP contribution in [0.4, 0.5) is 5.69 Å². The van der Waals surface area contributed by atoms with Crippen molar-refractivity contribution in [2.24, 2.45) is 0 Å². The molecule has 0 saturated carbocycles. The standard InChI is InChI=1S/C20H24N2O3/c1-4-11-22-19(21-17-8-6-5-7-16(17)20(22)23)14-9-10-18(25-3)15(12-14)13-24-2/h5-10,12,19,21H,4,11,13H2,1-3H3. The lowest BCUT2D eigenvalue weighted by molar-refractivity contribution is 0.0683. The van der Waals surface area contributed by atoms with Crippen LogP contribution < -0.4 is 10.1 Å². The molecular formula is C20H24N2O3. The molecule has 1 N–H and O–H groups in total. The normalized spacial score (nSPS) is 16.4. The van der Waals surface area contributed by atoms with Gasteiger partial charge in [-0.05, 0) is 36.2 Å². The number of carbonyl (C=O) groups is 1. The average Bonchev–Trinajstić information content (AvgIpc) is 2.64. The van der Waals surface area contributed by atoms with Crippen molar-refractivity contribution in [2.75, 3.05) is 26.1 Å². The Labute approximate surface area is 148 Å². The molecule has 1 heterocycles. The highest BCUT2D eigenvalue weighted by molar-refractivity contribution is 6.01. The third-order valence-electron chi connectivity index (χ3n) is 4.41. The number of rotatable bonds is 6. The molecule has 0 fully saturated rings. The Morgan fingerprint density at radius 1 is 1.16 bits per heavy atom. The second-order valence-corrected chi connectivity index (χ2v) is 6.10. The molecule has 1 aliphatic heterocycles. The van der Waals surface area contributed by atoms with E-state index >= 15 is 0 Å². The van der Waals surface area contributed by atoms with Gasteiger partial charge in [0.1, 0.15) is 11.9 Å². The van der Waals surface area contributed by atoms with Crippen molar-refractivity contribution in [3.8, 4) is 5.75 Å². The smallest absolute Gasteiger partial charge is 0.257 e. The lowest BCUT2D eigenvalue weighted by Crippen LogP contribution is -2.43. The fraction of sp³-hybridized carbons (Fsp3) is 0.350. The molecule has 0 saturated heterocycles. The molecule has 1 unspecified atom stereocenters. The van der Waals surface area contributed by atoms with Crippen molar-refractivity contribution in [1.29, 1.82) is 0 Å². The molecule has 5 nitrogen and oxygen atoms in total. The predicted octanol–water partition coefficient (Wildman–Crippen LogP) is 3.82.